The molecule has 0 heterocycles. The second-order valence-electron chi connectivity index (χ2n) is 6.05. The summed E-state index contributed by atoms with van der Waals surface area (Å²) >= 11 is 0. The number of nitriles is 1. The Morgan fingerprint density at radius 2 is 1.87 bits per heavy atom. The Morgan fingerprint density at radius 1 is 1.04 bits per heavy atom. The SMILES string of the molecule is N#Cc1cccc(CNCc2ccccc2OC2CCCC2)c1. The Labute approximate surface area is 137 Å². The van der Waals surface area contributed by atoms with Crippen LogP contribution in [0.3, 0.4) is 0 Å². The number of nitrogens with zero attached hydrogens (tertiary/aromatic N) is 1. The molecule has 0 aliphatic heterocycles. The number of hydrogen-bond acceptors (Lipinski definition) is 3. The molecule has 0 radical (unpaired) electrons. The Balaban J connectivity index is 1.58. The fourth-order valence-electron chi connectivity index (χ4n) is 3.04. The molecule has 1 aliphatic carbocycles. The van der Waals surface area contributed by atoms with Crippen LogP contribution in [0.4, 0.5) is 0 Å². The van der Waals surface area contributed by atoms with Crippen molar-refractivity contribution >= 4 is 0 Å². The topological polar surface area (TPSA) is 45.0 Å². The minimum Gasteiger partial charge on any atom is -0.490 e. The number of rotatable bonds is 6. The zero-order valence-corrected chi connectivity index (χ0v) is 13.3. The van der Waals surface area contributed by atoms with Crippen LogP contribution in [-0.4, -0.2) is 6.10 Å². The van der Waals surface area contributed by atoms with Gasteiger partial charge >= 0.3 is 0 Å². The predicted octanol–water partition coefficient (Wildman–Crippen LogP) is 4.17. The lowest BCUT2D eigenvalue weighted by Crippen LogP contribution is -2.16. The molecular weight excluding hydrogens is 284 g/mol. The average Bonchev–Trinajstić information content (AvgIpc) is 3.10. The molecule has 3 rings (SSSR count). The van der Waals surface area contributed by atoms with Gasteiger partial charge in [0.05, 0.1) is 17.7 Å². The first-order valence-corrected chi connectivity index (χ1v) is 8.29. The van der Waals surface area contributed by atoms with Crippen molar-refractivity contribution in [3.05, 3.63) is 65.2 Å². The number of para-hydroxylation sites is 1. The summed E-state index contributed by atoms with van der Waals surface area (Å²) in [6, 6.07) is 18.1. The van der Waals surface area contributed by atoms with Gasteiger partial charge in [0.15, 0.2) is 0 Å². The molecule has 0 unspecified atom stereocenters. The van der Waals surface area contributed by atoms with Gasteiger partial charge in [-0.15, -0.1) is 0 Å². The van der Waals surface area contributed by atoms with E-state index in [1.165, 1.54) is 31.2 Å². The van der Waals surface area contributed by atoms with Crippen molar-refractivity contribution in [2.24, 2.45) is 0 Å². The number of ether oxygens (including phenoxy) is 1. The van der Waals surface area contributed by atoms with Gasteiger partial charge in [0.25, 0.3) is 0 Å². The summed E-state index contributed by atoms with van der Waals surface area (Å²) in [5.74, 6) is 0.998. The molecule has 1 aliphatic rings. The van der Waals surface area contributed by atoms with Crippen LogP contribution in [0.1, 0.15) is 42.4 Å². The minimum absolute atomic E-state index is 0.378. The standard InChI is InChI=1S/C20H22N2O/c21-13-16-6-5-7-17(12-16)14-22-15-18-8-1-4-11-20(18)23-19-9-2-3-10-19/h1,4-8,11-12,19,22H,2-3,9-10,14-15H2. The molecule has 1 saturated carbocycles. The maximum absolute atomic E-state index is 8.95. The molecule has 0 atom stereocenters. The lowest BCUT2D eigenvalue weighted by atomic mass is 10.1. The first-order chi connectivity index (χ1) is 11.3. The molecule has 0 saturated heterocycles. The van der Waals surface area contributed by atoms with Gasteiger partial charge in [-0.2, -0.15) is 5.26 Å². The van der Waals surface area contributed by atoms with E-state index in [1.807, 2.05) is 30.3 Å². The molecule has 2 aromatic rings. The normalized spacial score (nSPS) is 14.6. The van der Waals surface area contributed by atoms with Crippen molar-refractivity contribution < 1.29 is 4.74 Å². The smallest absolute Gasteiger partial charge is 0.124 e. The highest BCUT2D eigenvalue weighted by Crippen LogP contribution is 2.26. The second-order valence-corrected chi connectivity index (χ2v) is 6.05. The van der Waals surface area contributed by atoms with Crippen LogP contribution in [0, 0.1) is 11.3 Å². The first-order valence-electron chi connectivity index (χ1n) is 8.29. The van der Waals surface area contributed by atoms with Gasteiger partial charge in [0, 0.05) is 18.7 Å². The van der Waals surface area contributed by atoms with Gasteiger partial charge in [-0.25, -0.2) is 0 Å². The van der Waals surface area contributed by atoms with E-state index in [0.29, 0.717) is 11.7 Å². The van der Waals surface area contributed by atoms with E-state index < -0.39 is 0 Å². The molecule has 0 bridgehead atoms. The van der Waals surface area contributed by atoms with Gasteiger partial charge in [-0.05, 0) is 49.4 Å². The fraction of sp³-hybridized carbons (Fsp3) is 0.350. The molecule has 0 aromatic heterocycles. The highest BCUT2D eigenvalue weighted by Gasteiger charge is 2.17. The number of hydrogen-bond donors (Lipinski definition) is 1. The molecule has 1 fully saturated rings. The van der Waals surface area contributed by atoms with Crippen LogP contribution in [0.25, 0.3) is 0 Å². The molecule has 3 heteroatoms. The third-order valence-corrected chi connectivity index (χ3v) is 4.27. The number of benzene rings is 2. The maximum atomic E-state index is 8.95. The van der Waals surface area contributed by atoms with Gasteiger partial charge in [0.1, 0.15) is 5.75 Å². The van der Waals surface area contributed by atoms with Crippen molar-refractivity contribution in [1.82, 2.24) is 5.32 Å². The van der Waals surface area contributed by atoms with Crippen LogP contribution < -0.4 is 10.1 Å². The molecule has 0 amide bonds. The fourth-order valence-corrected chi connectivity index (χ4v) is 3.04. The van der Waals surface area contributed by atoms with E-state index in [4.69, 9.17) is 10.00 Å². The van der Waals surface area contributed by atoms with Crippen molar-refractivity contribution in [3.63, 3.8) is 0 Å². The Hall–Kier alpha value is -2.31. The van der Waals surface area contributed by atoms with Crippen LogP contribution in [-0.2, 0) is 13.1 Å². The summed E-state index contributed by atoms with van der Waals surface area (Å²) in [5, 5.41) is 12.4. The molecule has 23 heavy (non-hydrogen) atoms. The van der Waals surface area contributed by atoms with Crippen molar-refractivity contribution in [3.8, 4) is 11.8 Å². The summed E-state index contributed by atoms with van der Waals surface area (Å²) in [7, 11) is 0. The molecule has 0 spiro atoms. The number of nitrogens with one attached hydrogen (secondary N) is 1. The van der Waals surface area contributed by atoms with Crippen molar-refractivity contribution in [2.45, 2.75) is 44.9 Å². The van der Waals surface area contributed by atoms with E-state index >= 15 is 0 Å². The summed E-state index contributed by atoms with van der Waals surface area (Å²) < 4.78 is 6.16. The summed E-state index contributed by atoms with van der Waals surface area (Å²) in [6.45, 7) is 1.51. The van der Waals surface area contributed by atoms with Gasteiger partial charge < -0.3 is 10.1 Å². The quantitative estimate of drug-likeness (QED) is 0.871. The van der Waals surface area contributed by atoms with E-state index in [9.17, 15) is 0 Å². The van der Waals surface area contributed by atoms with Gasteiger partial charge in [0.2, 0.25) is 0 Å². The Bertz CT molecular complexity index is 684. The first kappa shape index (κ1) is 15.6. The van der Waals surface area contributed by atoms with Crippen LogP contribution in [0.5, 0.6) is 5.75 Å². The second kappa shape index (κ2) is 7.80. The van der Waals surface area contributed by atoms with E-state index in [-0.39, 0.29) is 0 Å². The molecular formula is C20H22N2O. The van der Waals surface area contributed by atoms with Gasteiger partial charge in [-0.3, -0.25) is 0 Å². The Morgan fingerprint density at radius 3 is 2.70 bits per heavy atom. The third kappa shape index (κ3) is 4.34. The molecule has 118 valence electrons. The van der Waals surface area contributed by atoms with Crippen molar-refractivity contribution in [2.75, 3.05) is 0 Å². The summed E-state index contributed by atoms with van der Waals surface area (Å²) in [6.07, 6.45) is 5.27. The van der Waals surface area contributed by atoms with Gasteiger partial charge in [-0.1, -0.05) is 30.3 Å². The molecule has 1 N–H and O–H groups in total. The lowest BCUT2D eigenvalue weighted by Gasteiger charge is -2.17. The maximum Gasteiger partial charge on any atom is 0.124 e. The van der Waals surface area contributed by atoms with Crippen LogP contribution in [0.2, 0.25) is 0 Å². The molecule has 2 aromatic carbocycles. The van der Waals surface area contributed by atoms with E-state index in [0.717, 1.165) is 24.4 Å². The largest absolute Gasteiger partial charge is 0.490 e. The van der Waals surface area contributed by atoms with Crippen molar-refractivity contribution in [1.29, 1.82) is 5.26 Å². The Kier molecular flexibility index (Phi) is 5.29. The van der Waals surface area contributed by atoms with E-state index in [2.05, 4.69) is 29.6 Å². The van der Waals surface area contributed by atoms with E-state index in [1.54, 1.807) is 0 Å². The third-order valence-electron chi connectivity index (χ3n) is 4.27. The molecule has 3 nitrogen and oxygen atoms in total. The average molecular weight is 306 g/mol. The van der Waals surface area contributed by atoms with Crippen LogP contribution in [0.15, 0.2) is 48.5 Å². The zero-order valence-electron chi connectivity index (χ0n) is 13.3. The minimum atomic E-state index is 0.378. The highest BCUT2D eigenvalue weighted by molar-refractivity contribution is 5.34. The summed E-state index contributed by atoms with van der Waals surface area (Å²) in [5.41, 5.74) is 3.02. The highest BCUT2D eigenvalue weighted by atomic mass is 16.5. The zero-order chi connectivity index (χ0) is 15.9. The lowest BCUT2D eigenvalue weighted by molar-refractivity contribution is 0.207. The monoisotopic (exact) mass is 306 g/mol. The predicted molar refractivity (Wildman–Crippen MR) is 91.0 cm³/mol. The summed E-state index contributed by atoms with van der Waals surface area (Å²) in [4.78, 5) is 0. The van der Waals surface area contributed by atoms with Crippen LogP contribution >= 0.6 is 0 Å².